The quantitative estimate of drug-likeness (QED) is 0.434. The molecule has 9 heteroatoms. The molecule has 0 N–H and O–H groups in total. The van der Waals surface area contributed by atoms with Crippen LogP contribution in [0.25, 0.3) is 16.0 Å². The summed E-state index contributed by atoms with van der Waals surface area (Å²) in [6, 6.07) is 6.43. The van der Waals surface area contributed by atoms with E-state index in [1.807, 2.05) is 13.2 Å². The highest BCUT2D eigenvalue weighted by molar-refractivity contribution is 7.18. The molecule has 4 rings (SSSR count). The first-order valence-corrected chi connectivity index (χ1v) is 11.8. The van der Waals surface area contributed by atoms with Crippen LogP contribution >= 0.6 is 36.2 Å². The lowest BCUT2D eigenvalue weighted by atomic mass is 9.96. The van der Waals surface area contributed by atoms with Crippen molar-refractivity contribution in [1.29, 1.82) is 0 Å². The summed E-state index contributed by atoms with van der Waals surface area (Å²) >= 11 is 1.46. The number of nitrogens with zero attached hydrogens (tertiary/aromatic N) is 4. The van der Waals surface area contributed by atoms with E-state index in [2.05, 4.69) is 62.2 Å². The van der Waals surface area contributed by atoms with E-state index in [1.165, 1.54) is 16.9 Å². The third-order valence-corrected chi connectivity index (χ3v) is 6.77. The topological polar surface area (TPSA) is 50.1 Å². The number of carbonyl (C=O) groups excluding carboxylic acids is 1. The van der Waals surface area contributed by atoms with E-state index in [9.17, 15) is 4.79 Å². The Balaban J connectivity index is 0.00000193. The van der Waals surface area contributed by atoms with Gasteiger partial charge in [0.15, 0.2) is 4.96 Å². The predicted octanol–water partition coefficient (Wildman–Crippen LogP) is 5.51. The predicted molar refractivity (Wildman–Crippen MR) is 141 cm³/mol. The van der Waals surface area contributed by atoms with Crippen molar-refractivity contribution >= 4 is 58.1 Å². The van der Waals surface area contributed by atoms with Crippen molar-refractivity contribution in [2.75, 3.05) is 33.8 Å². The molecule has 1 aliphatic heterocycles. The van der Waals surface area contributed by atoms with Crippen molar-refractivity contribution in [3.63, 3.8) is 0 Å². The van der Waals surface area contributed by atoms with Gasteiger partial charge in [0.1, 0.15) is 4.88 Å². The lowest BCUT2D eigenvalue weighted by Crippen LogP contribution is -2.38. The molecule has 1 aromatic carbocycles. The fourth-order valence-corrected chi connectivity index (χ4v) is 5.62. The van der Waals surface area contributed by atoms with Gasteiger partial charge in [-0.1, -0.05) is 38.2 Å². The minimum absolute atomic E-state index is 0. The zero-order valence-electron chi connectivity index (χ0n) is 20.4. The number of rotatable bonds is 6. The summed E-state index contributed by atoms with van der Waals surface area (Å²) in [5.74, 6) is 0.0549. The molecule has 0 unspecified atom stereocenters. The Morgan fingerprint density at radius 1 is 1.27 bits per heavy atom. The van der Waals surface area contributed by atoms with Crippen molar-refractivity contribution in [2.45, 2.75) is 52.7 Å². The first-order chi connectivity index (χ1) is 14.5. The third-order valence-electron chi connectivity index (χ3n) is 5.80. The van der Waals surface area contributed by atoms with Crippen molar-refractivity contribution in [3.8, 4) is 0 Å². The SMILES string of the molecule is CN(Cc1ccc2nc3sc(C(=O)N(C)CC(C)(C)C)cn3c2c1)C[C@]1(C)CCCO1.Cl.Cl. The highest BCUT2D eigenvalue weighted by atomic mass is 35.5. The maximum absolute atomic E-state index is 12.9. The van der Waals surface area contributed by atoms with Crippen LogP contribution in [0.1, 0.15) is 55.8 Å². The number of carbonyl (C=O) groups is 1. The molecule has 0 aliphatic carbocycles. The molecular formula is C24H36Cl2N4O2S. The van der Waals surface area contributed by atoms with Crippen LogP contribution in [0.4, 0.5) is 0 Å². The van der Waals surface area contributed by atoms with Crippen LogP contribution in [0.2, 0.25) is 0 Å². The number of thiazole rings is 1. The van der Waals surface area contributed by atoms with E-state index in [0.717, 1.165) is 53.4 Å². The molecule has 0 saturated carbocycles. The molecule has 6 nitrogen and oxygen atoms in total. The first-order valence-electron chi connectivity index (χ1n) is 11.0. The molecule has 184 valence electrons. The fraction of sp³-hybridized carbons (Fsp3) is 0.583. The Morgan fingerprint density at radius 2 is 2.00 bits per heavy atom. The van der Waals surface area contributed by atoms with Gasteiger partial charge in [-0.15, -0.1) is 24.8 Å². The van der Waals surface area contributed by atoms with E-state index in [1.54, 1.807) is 4.90 Å². The highest BCUT2D eigenvalue weighted by Gasteiger charge is 2.31. The number of imidazole rings is 1. The van der Waals surface area contributed by atoms with Crippen LogP contribution in [0.3, 0.4) is 0 Å². The van der Waals surface area contributed by atoms with E-state index in [-0.39, 0.29) is 41.7 Å². The van der Waals surface area contributed by atoms with Crippen LogP contribution in [0.15, 0.2) is 24.4 Å². The number of likely N-dealkylation sites (N-methyl/N-ethyl adjacent to an activating group) is 1. The summed E-state index contributed by atoms with van der Waals surface area (Å²) in [5, 5.41) is 0. The summed E-state index contributed by atoms with van der Waals surface area (Å²) in [4.78, 5) is 23.4. The molecule has 0 spiro atoms. The van der Waals surface area contributed by atoms with Gasteiger partial charge in [-0.2, -0.15) is 0 Å². The Hall–Kier alpha value is -1.38. The minimum atomic E-state index is -0.0373. The number of hydrogen-bond donors (Lipinski definition) is 0. The van der Waals surface area contributed by atoms with Crippen LogP contribution < -0.4 is 0 Å². The van der Waals surface area contributed by atoms with Crippen LogP contribution in [-0.4, -0.2) is 64.5 Å². The number of amides is 1. The maximum Gasteiger partial charge on any atom is 0.265 e. The monoisotopic (exact) mass is 514 g/mol. The van der Waals surface area contributed by atoms with Gasteiger partial charge in [0.25, 0.3) is 5.91 Å². The maximum atomic E-state index is 12.9. The first kappa shape index (κ1) is 27.9. The normalized spacial score (nSPS) is 18.5. The van der Waals surface area contributed by atoms with E-state index < -0.39 is 0 Å². The molecule has 33 heavy (non-hydrogen) atoms. The van der Waals surface area contributed by atoms with Gasteiger partial charge in [0.2, 0.25) is 0 Å². The van der Waals surface area contributed by atoms with E-state index >= 15 is 0 Å². The molecule has 0 radical (unpaired) electrons. The van der Waals surface area contributed by atoms with E-state index in [4.69, 9.17) is 9.72 Å². The number of aromatic nitrogens is 2. The molecule has 3 aromatic rings. The summed E-state index contributed by atoms with van der Waals surface area (Å²) < 4.78 is 8.01. The van der Waals surface area contributed by atoms with Crippen molar-refractivity contribution in [2.24, 2.45) is 5.41 Å². The second-order valence-electron chi connectivity index (χ2n) is 10.5. The second kappa shape index (κ2) is 10.5. The van der Waals surface area contributed by atoms with Crippen LogP contribution in [-0.2, 0) is 11.3 Å². The largest absolute Gasteiger partial charge is 0.374 e. The lowest BCUT2D eigenvalue weighted by Gasteiger charge is -2.29. The van der Waals surface area contributed by atoms with Crippen molar-refractivity contribution in [3.05, 3.63) is 34.8 Å². The lowest BCUT2D eigenvalue weighted by molar-refractivity contribution is -0.00496. The molecule has 3 heterocycles. The third kappa shape index (κ3) is 6.40. The Morgan fingerprint density at radius 3 is 2.64 bits per heavy atom. The Kier molecular flexibility index (Phi) is 8.85. The van der Waals surface area contributed by atoms with E-state index in [0.29, 0.717) is 6.54 Å². The summed E-state index contributed by atoms with van der Waals surface area (Å²) in [7, 11) is 4.02. The number of hydrogen-bond acceptors (Lipinski definition) is 5. The van der Waals surface area contributed by atoms with Gasteiger partial charge in [-0.05, 0) is 49.9 Å². The minimum Gasteiger partial charge on any atom is -0.374 e. The fourth-order valence-electron chi connectivity index (χ4n) is 4.62. The molecule has 1 saturated heterocycles. The number of ether oxygens (including phenoxy) is 1. The zero-order chi connectivity index (χ0) is 22.4. The average Bonchev–Trinajstić information content (AvgIpc) is 3.34. The number of fused-ring (bicyclic) bond motifs is 3. The summed E-state index contributed by atoms with van der Waals surface area (Å²) in [6.45, 7) is 12.0. The standard InChI is InChI=1S/C24H34N4O2S.2ClH/c1-23(2,3)15-27(6)21(29)20-14-28-19-12-17(8-9-18(19)25-22(28)31-20)13-26(5)16-24(4)10-7-11-30-24;;/h8-9,12,14H,7,10-11,13,15-16H2,1-6H3;2*1H/t24-;;/m0../s1. The summed E-state index contributed by atoms with van der Waals surface area (Å²) in [5.41, 5.74) is 3.28. The van der Waals surface area contributed by atoms with Crippen molar-refractivity contribution < 1.29 is 9.53 Å². The molecule has 0 bridgehead atoms. The second-order valence-corrected chi connectivity index (χ2v) is 11.5. The molecular weight excluding hydrogens is 479 g/mol. The van der Waals surface area contributed by atoms with Crippen LogP contribution in [0, 0.1) is 5.41 Å². The van der Waals surface area contributed by atoms with Gasteiger partial charge in [0, 0.05) is 39.5 Å². The molecule has 1 aliphatic rings. The average molecular weight is 516 g/mol. The van der Waals surface area contributed by atoms with Gasteiger partial charge in [-0.25, -0.2) is 4.98 Å². The summed E-state index contributed by atoms with van der Waals surface area (Å²) in [6.07, 6.45) is 4.21. The zero-order valence-corrected chi connectivity index (χ0v) is 22.8. The van der Waals surface area contributed by atoms with Gasteiger partial charge >= 0.3 is 0 Å². The highest BCUT2D eigenvalue weighted by Crippen LogP contribution is 2.28. The number of halogens is 2. The molecule has 1 amide bonds. The molecule has 1 fully saturated rings. The van der Waals surface area contributed by atoms with Crippen LogP contribution in [0.5, 0.6) is 0 Å². The van der Waals surface area contributed by atoms with Gasteiger partial charge < -0.3 is 9.64 Å². The Labute approximate surface area is 213 Å². The van der Waals surface area contributed by atoms with Gasteiger partial charge in [-0.3, -0.25) is 14.1 Å². The molecule has 1 atom stereocenters. The smallest absolute Gasteiger partial charge is 0.265 e. The molecule has 2 aromatic heterocycles. The Bertz CT molecular complexity index is 1100. The van der Waals surface area contributed by atoms with Gasteiger partial charge in [0.05, 0.1) is 16.6 Å². The van der Waals surface area contributed by atoms with Crippen molar-refractivity contribution in [1.82, 2.24) is 19.2 Å². The number of benzene rings is 1.